The Morgan fingerprint density at radius 1 is 1.42 bits per heavy atom. The zero-order valence-electron chi connectivity index (χ0n) is 10.1. The first kappa shape index (κ1) is 13.3. The van der Waals surface area contributed by atoms with Crippen molar-refractivity contribution >= 4 is 10.0 Å². The molecular formula is C12H11N3O3S. The third-order valence-electron chi connectivity index (χ3n) is 2.38. The molecule has 1 N–H and O–H groups in total. The zero-order valence-corrected chi connectivity index (χ0v) is 10.9. The van der Waals surface area contributed by atoms with Crippen LogP contribution in [-0.2, 0) is 16.6 Å². The SMILES string of the molecule is Cc1cnc(CNS(=O)(=O)c2ccccc2C#N)o1. The lowest BCUT2D eigenvalue weighted by molar-refractivity contribution is 0.463. The van der Waals surface area contributed by atoms with Crippen molar-refractivity contribution in [3.05, 3.63) is 47.7 Å². The Hall–Kier alpha value is -2.17. The number of hydrogen-bond donors (Lipinski definition) is 1. The molecule has 7 heteroatoms. The minimum Gasteiger partial charge on any atom is -0.445 e. The minimum absolute atomic E-state index is 0.0548. The van der Waals surface area contributed by atoms with Crippen molar-refractivity contribution in [2.45, 2.75) is 18.4 Å². The van der Waals surface area contributed by atoms with Crippen LogP contribution < -0.4 is 4.72 Å². The van der Waals surface area contributed by atoms with E-state index in [1.807, 2.05) is 6.07 Å². The molecule has 6 nitrogen and oxygen atoms in total. The number of nitrogens with one attached hydrogen (secondary N) is 1. The van der Waals surface area contributed by atoms with Gasteiger partial charge in [-0.05, 0) is 19.1 Å². The lowest BCUT2D eigenvalue weighted by Gasteiger charge is -2.06. The van der Waals surface area contributed by atoms with E-state index in [2.05, 4.69) is 9.71 Å². The van der Waals surface area contributed by atoms with Crippen LogP contribution in [0.25, 0.3) is 0 Å². The summed E-state index contributed by atoms with van der Waals surface area (Å²) in [6, 6.07) is 7.84. The molecule has 0 atom stereocenters. The van der Waals surface area contributed by atoms with Crippen molar-refractivity contribution in [3.8, 4) is 6.07 Å². The van der Waals surface area contributed by atoms with E-state index in [1.54, 1.807) is 19.1 Å². The fourth-order valence-corrected chi connectivity index (χ4v) is 2.64. The minimum atomic E-state index is -3.76. The molecule has 1 heterocycles. The van der Waals surface area contributed by atoms with Crippen molar-refractivity contribution < 1.29 is 12.8 Å². The zero-order chi connectivity index (χ0) is 13.9. The summed E-state index contributed by atoms with van der Waals surface area (Å²) in [5.41, 5.74) is 0.0959. The van der Waals surface area contributed by atoms with Crippen LogP contribution in [0.2, 0.25) is 0 Å². The maximum Gasteiger partial charge on any atom is 0.242 e. The quantitative estimate of drug-likeness (QED) is 0.909. The molecule has 0 spiro atoms. The van der Waals surface area contributed by atoms with Gasteiger partial charge in [0.2, 0.25) is 15.9 Å². The summed E-state index contributed by atoms with van der Waals surface area (Å²) in [7, 11) is -3.76. The van der Waals surface area contributed by atoms with Crippen LogP contribution in [0, 0.1) is 18.3 Å². The Morgan fingerprint density at radius 3 is 2.79 bits per heavy atom. The summed E-state index contributed by atoms with van der Waals surface area (Å²) in [6.07, 6.45) is 1.51. The first-order valence-electron chi connectivity index (χ1n) is 5.43. The highest BCUT2D eigenvalue weighted by Gasteiger charge is 2.18. The predicted molar refractivity (Wildman–Crippen MR) is 66.4 cm³/mol. The van der Waals surface area contributed by atoms with Crippen LogP contribution in [0.4, 0.5) is 0 Å². The van der Waals surface area contributed by atoms with Gasteiger partial charge in [-0.3, -0.25) is 0 Å². The molecule has 0 radical (unpaired) electrons. The third-order valence-corrected chi connectivity index (χ3v) is 3.84. The van der Waals surface area contributed by atoms with Gasteiger partial charge in [-0.1, -0.05) is 12.1 Å². The summed E-state index contributed by atoms with van der Waals surface area (Å²) >= 11 is 0. The highest BCUT2D eigenvalue weighted by molar-refractivity contribution is 7.89. The molecule has 98 valence electrons. The molecule has 0 fully saturated rings. The van der Waals surface area contributed by atoms with Gasteiger partial charge < -0.3 is 4.42 Å². The van der Waals surface area contributed by atoms with Gasteiger partial charge in [0.05, 0.1) is 23.2 Å². The average molecular weight is 277 g/mol. The standard InChI is InChI=1S/C12H11N3O3S/c1-9-7-14-12(18-9)8-15-19(16,17)11-5-3-2-4-10(11)6-13/h2-5,7,15H,8H2,1H3. The van der Waals surface area contributed by atoms with Crippen LogP contribution in [0.15, 0.2) is 39.8 Å². The summed E-state index contributed by atoms with van der Waals surface area (Å²) in [5, 5.41) is 8.90. The largest absolute Gasteiger partial charge is 0.445 e. The Morgan fingerprint density at radius 2 is 2.16 bits per heavy atom. The maximum absolute atomic E-state index is 12.1. The van der Waals surface area contributed by atoms with Crippen molar-refractivity contribution in [1.82, 2.24) is 9.71 Å². The molecule has 2 rings (SSSR count). The van der Waals surface area contributed by atoms with Gasteiger partial charge in [0.15, 0.2) is 0 Å². The Bertz CT molecular complexity index is 729. The molecule has 2 aromatic rings. The highest BCUT2D eigenvalue weighted by Crippen LogP contribution is 2.14. The van der Waals surface area contributed by atoms with E-state index in [0.717, 1.165) is 0 Å². The molecule has 1 aromatic carbocycles. The van der Waals surface area contributed by atoms with Crippen molar-refractivity contribution in [2.24, 2.45) is 0 Å². The fraction of sp³-hybridized carbons (Fsp3) is 0.167. The molecule has 0 aliphatic heterocycles. The summed E-state index contributed by atoms with van der Waals surface area (Å²) in [6.45, 7) is 1.66. The van der Waals surface area contributed by atoms with Gasteiger partial charge in [-0.15, -0.1) is 0 Å². The van der Waals surface area contributed by atoms with Gasteiger partial charge in [-0.25, -0.2) is 18.1 Å². The van der Waals surface area contributed by atoms with Gasteiger partial charge in [0, 0.05) is 0 Å². The molecule has 19 heavy (non-hydrogen) atoms. The van der Waals surface area contributed by atoms with E-state index in [4.69, 9.17) is 9.68 Å². The van der Waals surface area contributed by atoms with Crippen LogP contribution in [-0.4, -0.2) is 13.4 Å². The first-order valence-corrected chi connectivity index (χ1v) is 6.91. The molecule has 0 aliphatic carbocycles. The van der Waals surface area contributed by atoms with Crippen molar-refractivity contribution in [2.75, 3.05) is 0 Å². The van der Waals surface area contributed by atoms with Gasteiger partial charge >= 0.3 is 0 Å². The number of aryl methyl sites for hydroxylation is 1. The number of aromatic nitrogens is 1. The second kappa shape index (κ2) is 5.22. The monoisotopic (exact) mass is 277 g/mol. The lowest BCUT2D eigenvalue weighted by Crippen LogP contribution is -2.24. The maximum atomic E-state index is 12.1. The van der Waals surface area contributed by atoms with Gasteiger partial charge in [0.25, 0.3) is 0 Å². The van der Waals surface area contributed by atoms with Crippen LogP contribution >= 0.6 is 0 Å². The van der Waals surface area contributed by atoms with Crippen LogP contribution in [0.3, 0.4) is 0 Å². The Labute approximate surface area is 110 Å². The van der Waals surface area contributed by atoms with Gasteiger partial charge in [-0.2, -0.15) is 5.26 Å². The molecule has 0 unspecified atom stereocenters. The van der Waals surface area contributed by atoms with E-state index >= 15 is 0 Å². The lowest BCUT2D eigenvalue weighted by atomic mass is 10.2. The Balaban J connectivity index is 2.21. The van der Waals surface area contributed by atoms with E-state index in [1.165, 1.54) is 18.3 Å². The normalized spacial score (nSPS) is 11.2. The summed E-state index contributed by atoms with van der Waals surface area (Å²) in [4.78, 5) is 3.84. The summed E-state index contributed by atoms with van der Waals surface area (Å²) in [5.74, 6) is 0.877. The number of nitrogens with zero attached hydrogens (tertiary/aromatic N) is 2. The van der Waals surface area contributed by atoms with Crippen molar-refractivity contribution in [1.29, 1.82) is 5.26 Å². The smallest absolute Gasteiger partial charge is 0.242 e. The third kappa shape index (κ3) is 2.99. The highest BCUT2D eigenvalue weighted by atomic mass is 32.2. The van der Waals surface area contributed by atoms with E-state index < -0.39 is 10.0 Å². The molecule has 0 amide bonds. The van der Waals surface area contributed by atoms with Crippen molar-refractivity contribution in [3.63, 3.8) is 0 Å². The Kier molecular flexibility index (Phi) is 3.64. The van der Waals surface area contributed by atoms with E-state index in [0.29, 0.717) is 5.76 Å². The number of nitriles is 1. The van der Waals surface area contributed by atoms with Crippen LogP contribution in [0.5, 0.6) is 0 Å². The second-order valence-electron chi connectivity index (χ2n) is 3.80. The fourth-order valence-electron chi connectivity index (χ4n) is 1.51. The topological polar surface area (TPSA) is 96.0 Å². The average Bonchev–Trinajstić information content (AvgIpc) is 2.82. The first-order chi connectivity index (χ1) is 9.03. The molecule has 1 aromatic heterocycles. The van der Waals surface area contributed by atoms with E-state index in [-0.39, 0.29) is 22.9 Å². The predicted octanol–water partition coefficient (Wildman–Crippen LogP) is 1.33. The van der Waals surface area contributed by atoms with Crippen LogP contribution in [0.1, 0.15) is 17.2 Å². The number of oxazole rings is 1. The molecule has 0 aliphatic rings. The van der Waals surface area contributed by atoms with E-state index in [9.17, 15) is 8.42 Å². The number of sulfonamides is 1. The van der Waals surface area contributed by atoms with Gasteiger partial charge in [0.1, 0.15) is 11.8 Å². The molecule has 0 saturated heterocycles. The number of hydrogen-bond acceptors (Lipinski definition) is 5. The number of rotatable bonds is 4. The second-order valence-corrected chi connectivity index (χ2v) is 5.53. The molecule has 0 bridgehead atoms. The number of benzene rings is 1. The summed E-state index contributed by atoms with van der Waals surface area (Å²) < 4.78 is 31.6. The molecular weight excluding hydrogens is 266 g/mol. The molecule has 0 saturated carbocycles.